The van der Waals surface area contributed by atoms with E-state index >= 15 is 0 Å². The zero-order valence-electron chi connectivity index (χ0n) is 16.1. The number of nitrogens with two attached hydrogens (primary N) is 1. The Morgan fingerprint density at radius 2 is 1.64 bits per heavy atom. The lowest BCUT2D eigenvalue weighted by molar-refractivity contribution is -0.123. The molecule has 0 aromatic heterocycles. The maximum Gasteiger partial charge on any atom is 0.248 e. The summed E-state index contributed by atoms with van der Waals surface area (Å²) in [5, 5.41) is 3.22. The minimum atomic E-state index is -0.456. The molecule has 0 radical (unpaired) electrons. The van der Waals surface area contributed by atoms with Gasteiger partial charge >= 0.3 is 0 Å². The SMILES string of the molecule is NC(=O)c1ccc(C2(C(=O)NCC(c3ccccc3)N3CCCC3)CC2)cc1. The summed E-state index contributed by atoms with van der Waals surface area (Å²) in [5.74, 6) is -0.364. The minimum absolute atomic E-state index is 0.0828. The van der Waals surface area contributed by atoms with Crippen molar-refractivity contribution in [3.05, 3.63) is 71.3 Å². The van der Waals surface area contributed by atoms with Crippen molar-refractivity contribution in [2.75, 3.05) is 19.6 Å². The molecule has 1 aliphatic heterocycles. The first-order valence-corrected chi connectivity index (χ1v) is 10.1. The van der Waals surface area contributed by atoms with Crippen molar-refractivity contribution in [1.29, 1.82) is 0 Å². The minimum Gasteiger partial charge on any atom is -0.366 e. The molecule has 2 fully saturated rings. The molecule has 1 saturated heterocycles. The van der Waals surface area contributed by atoms with E-state index in [2.05, 4.69) is 34.5 Å². The van der Waals surface area contributed by atoms with Crippen LogP contribution in [0.1, 0.15) is 53.2 Å². The third-order valence-electron chi connectivity index (χ3n) is 6.13. The molecule has 2 aromatic carbocycles. The van der Waals surface area contributed by atoms with Gasteiger partial charge in [0, 0.05) is 12.1 Å². The van der Waals surface area contributed by atoms with Gasteiger partial charge < -0.3 is 11.1 Å². The summed E-state index contributed by atoms with van der Waals surface area (Å²) < 4.78 is 0. The van der Waals surface area contributed by atoms with Gasteiger partial charge in [0.05, 0.1) is 11.5 Å². The zero-order valence-corrected chi connectivity index (χ0v) is 16.1. The van der Waals surface area contributed by atoms with Crippen LogP contribution in [-0.4, -0.2) is 36.3 Å². The molecule has 2 amide bonds. The van der Waals surface area contributed by atoms with Crippen LogP contribution in [0.3, 0.4) is 0 Å². The monoisotopic (exact) mass is 377 g/mol. The molecule has 0 spiro atoms. The van der Waals surface area contributed by atoms with Gasteiger partial charge in [-0.3, -0.25) is 14.5 Å². The molecule has 146 valence electrons. The number of likely N-dealkylation sites (tertiary alicyclic amines) is 1. The van der Waals surface area contributed by atoms with E-state index in [1.807, 2.05) is 18.2 Å². The van der Waals surface area contributed by atoms with Crippen molar-refractivity contribution in [3.8, 4) is 0 Å². The van der Waals surface area contributed by atoms with Gasteiger partial charge in [0.2, 0.25) is 11.8 Å². The normalized spacial score (nSPS) is 19.1. The average molecular weight is 377 g/mol. The molecule has 5 heteroatoms. The van der Waals surface area contributed by atoms with Crippen LogP contribution in [0.4, 0.5) is 0 Å². The van der Waals surface area contributed by atoms with Crippen molar-refractivity contribution >= 4 is 11.8 Å². The fourth-order valence-electron chi connectivity index (χ4n) is 4.27. The van der Waals surface area contributed by atoms with E-state index in [9.17, 15) is 9.59 Å². The lowest BCUT2D eigenvalue weighted by Gasteiger charge is -2.29. The Kier molecular flexibility index (Phi) is 5.18. The highest BCUT2D eigenvalue weighted by Crippen LogP contribution is 2.48. The molecule has 4 rings (SSSR count). The van der Waals surface area contributed by atoms with Crippen LogP contribution >= 0.6 is 0 Å². The third kappa shape index (κ3) is 3.67. The molecule has 1 heterocycles. The van der Waals surface area contributed by atoms with Crippen molar-refractivity contribution in [2.45, 2.75) is 37.1 Å². The quantitative estimate of drug-likeness (QED) is 0.779. The highest BCUT2D eigenvalue weighted by atomic mass is 16.2. The van der Waals surface area contributed by atoms with Gasteiger partial charge in [-0.1, -0.05) is 42.5 Å². The van der Waals surface area contributed by atoms with Crippen LogP contribution in [-0.2, 0) is 10.2 Å². The summed E-state index contributed by atoms with van der Waals surface area (Å²) in [6, 6.07) is 17.8. The topological polar surface area (TPSA) is 75.4 Å². The number of carbonyl (C=O) groups is 2. The number of carbonyl (C=O) groups excluding carboxylic acids is 2. The van der Waals surface area contributed by atoms with Crippen LogP contribution in [0.15, 0.2) is 54.6 Å². The maximum atomic E-state index is 13.1. The van der Waals surface area contributed by atoms with Gasteiger partial charge in [-0.25, -0.2) is 0 Å². The second-order valence-corrected chi connectivity index (χ2v) is 7.90. The number of hydrogen-bond acceptors (Lipinski definition) is 3. The number of benzene rings is 2. The molecule has 3 N–H and O–H groups in total. The molecule has 1 unspecified atom stereocenters. The van der Waals surface area contributed by atoms with Crippen molar-refractivity contribution in [3.63, 3.8) is 0 Å². The Morgan fingerprint density at radius 1 is 1.00 bits per heavy atom. The molecule has 28 heavy (non-hydrogen) atoms. The molecule has 1 aliphatic carbocycles. The Bertz CT molecular complexity index is 838. The second-order valence-electron chi connectivity index (χ2n) is 7.90. The first-order chi connectivity index (χ1) is 13.6. The van der Waals surface area contributed by atoms with Gasteiger partial charge in [-0.05, 0) is 62.0 Å². The number of amides is 2. The second kappa shape index (κ2) is 7.76. The number of hydrogen-bond donors (Lipinski definition) is 2. The molecule has 5 nitrogen and oxygen atoms in total. The average Bonchev–Trinajstić information content (AvgIpc) is 3.37. The van der Waals surface area contributed by atoms with Crippen LogP contribution < -0.4 is 11.1 Å². The summed E-state index contributed by atoms with van der Waals surface area (Å²) in [7, 11) is 0. The standard InChI is InChI=1S/C23H27N3O2/c24-21(27)18-8-10-19(11-9-18)23(12-13-23)22(28)25-16-20(26-14-4-5-15-26)17-6-2-1-3-7-17/h1-3,6-11,20H,4-5,12-16H2,(H2,24,27)(H,25,28). The molecular formula is C23H27N3O2. The summed E-state index contributed by atoms with van der Waals surface area (Å²) in [6.45, 7) is 2.77. The Balaban J connectivity index is 1.46. The molecule has 1 atom stereocenters. The summed E-state index contributed by atoms with van der Waals surface area (Å²) in [5.41, 5.74) is 7.55. The number of rotatable bonds is 7. The fourth-order valence-corrected chi connectivity index (χ4v) is 4.27. The third-order valence-corrected chi connectivity index (χ3v) is 6.13. The number of nitrogens with zero attached hydrogens (tertiary/aromatic N) is 1. The largest absolute Gasteiger partial charge is 0.366 e. The molecular weight excluding hydrogens is 350 g/mol. The van der Waals surface area contributed by atoms with Gasteiger partial charge in [-0.2, -0.15) is 0 Å². The number of primary amides is 1. The van der Waals surface area contributed by atoms with Crippen molar-refractivity contribution in [1.82, 2.24) is 10.2 Å². The number of nitrogens with one attached hydrogen (secondary N) is 1. The van der Waals surface area contributed by atoms with Crippen molar-refractivity contribution in [2.24, 2.45) is 5.73 Å². The molecule has 0 bridgehead atoms. The van der Waals surface area contributed by atoms with Gasteiger partial charge in [-0.15, -0.1) is 0 Å². The molecule has 2 aromatic rings. The predicted octanol–water partition coefficient (Wildman–Crippen LogP) is 2.77. The first-order valence-electron chi connectivity index (χ1n) is 10.1. The Hall–Kier alpha value is -2.66. The van der Waals surface area contributed by atoms with E-state index in [0.29, 0.717) is 12.1 Å². The van der Waals surface area contributed by atoms with Crippen molar-refractivity contribution < 1.29 is 9.59 Å². The predicted molar refractivity (Wildman–Crippen MR) is 109 cm³/mol. The van der Waals surface area contributed by atoms with E-state index in [4.69, 9.17) is 5.73 Å². The van der Waals surface area contributed by atoms with E-state index < -0.39 is 11.3 Å². The first kappa shape index (κ1) is 18.7. The highest BCUT2D eigenvalue weighted by molar-refractivity contribution is 5.94. The fraction of sp³-hybridized carbons (Fsp3) is 0.391. The highest BCUT2D eigenvalue weighted by Gasteiger charge is 2.51. The summed E-state index contributed by atoms with van der Waals surface area (Å²) >= 11 is 0. The van der Waals surface area contributed by atoms with Gasteiger partial charge in [0.15, 0.2) is 0 Å². The Morgan fingerprint density at radius 3 is 2.21 bits per heavy atom. The summed E-state index contributed by atoms with van der Waals surface area (Å²) in [4.78, 5) is 26.8. The van der Waals surface area contributed by atoms with Crippen LogP contribution in [0, 0.1) is 0 Å². The smallest absolute Gasteiger partial charge is 0.248 e. The lowest BCUT2D eigenvalue weighted by Crippen LogP contribution is -2.41. The van der Waals surface area contributed by atoms with E-state index in [0.717, 1.165) is 31.5 Å². The zero-order chi connectivity index (χ0) is 19.6. The molecule has 1 saturated carbocycles. The Labute approximate surface area is 165 Å². The maximum absolute atomic E-state index is 13.1. The van der Waals surface area contributed by atoms with Gasteiger partial charge in [0.1, 0.15) is 0 Å². The van der Waals surface area contributed by atoms with Gasteiger partial charge in [0.25, 0.3) is 0 Å². The van der Waals surface area contributed by atoms with Crippen LogP contribution in [0.2, 0.25) is 0 Å². The lowest BCUT2D eigenvalue weighted by atomic mass is 9.93. The van der Waals surface area contributed by atoms with E-state index in [1.54, 1.807) is 12.1 Å². The van der Waals surface area contributed by atoms with E-state index in [1.165, 1.54) is 18.4 Å². The van der Waals surface area contributed by atoms with Crippen LogP contribution in [0.5, 0.6) is 0 Å². The van der Waals surface area contributed by atoms with E-state index in [-0.39, 0.29) is 11.9 Å². The summed E-state index contributed by atoms with van der Waals surface area (Å²) in [6.07, 6.45) is 4.11. The van der Waals surface area contributed by atoms with Crippen LogP contribution in [0.25, 0.3) is 0 Å². The molecule has 2 aliphatic rings.